The zero-order valence-corrected chi connectivity index (χ0v) is 15.6. The number of carbonyl (C=O) groups is 3. The molecule has 152 valence electrons. The van der Waals surface area contributed by atoms with Crippen molar-refractivity contribution in [2.45, 2.75) is 0 Å². The lowest BCUT2D eigenvalue weighted by molar-refractivity contribution is -0.119. The third-order valence-electron chi connectivity index (χ3n) is 3.96. The van der Waals surface area contributed by atoms with Crippen LogP contribution in [0.15, 0.2) is 72.8 Å². The van der Waals surface area contributed by atoms with Crippen LogP contribution >= 0.6 is 0 Å². The number of benzene rings is 3. The van der Waals surface area contributed by atoms with Gasteiger partial charge in [-0.05, 0) is 54.6 Å². The first kappa shape index (κ1) is 20.5. The monoisotopic (exact) mass is 408 g/mol. The van der Waals surface area contributed by atoms with Crippen LogP contribution in [0.5, 0.6) is 5.75 Å². The lowest BCUT2D eigenvalue weighted by atomic mass is 10.1. The van der Waals surface area contributed by atoms with E-state index in [9.17, 15) is 23.9 Å². The normalized spacial score (nSPS) is 10.2. The molecule has 2 amide bonds. The first-order valence-electron chi connectivity index (χ1n) is 8.84. The second-order valence-electron chi connectivity index (χ2n) is 6.18. The minimum absolute atomic E-state index is 0.0990. The third kappa shape index (κ3) is 5.41. The minimum Gasteiger partial charge on any atom is -0.508 e. The Labute approximate surface area is 171 Å². The number of amides is 2. The van der Waals surface area contributed by atoms with Crippen molar-refractivity contribution in [3.8, 4) is 5.75 Å². The van der Waals surface area contributed by atoms with Crippen molar-refractivity contribution in [1.82, 2.24) is 0 Å². The molecule has 7 nitrogen and oxygen atoms in total. The number of para-hydroxylation sites is 1. The molecule has 3 aromatic carbocycles. The van der Waals surface area contributed by atoms with Gasteiger partial charge in [-0.15, -0.1) is 0 Å². The van der Waals surface area contributed by atoms with Crippen molar-refractivity contribution in [2.24, 2.45) is 0 Å². The van der Waals surface area contributed by atoms with Crippen molar-refractivity contribution in [1.29, 1.82) is 0 Å². The van der Waals surface area contributed by atoms with Gasteiger partial charge in [0.15, 0.2) is 6.61 Å². The number of phenolic OH excluding ortho intramolecular Hbond substituents is 1. The van der Waals surface area contributed by atoms with Gasteiger partial charge in [0.1, 0.15) is 11.6 Å². The highest BCUT2D eigenvalue weighted by molar-refractivity contribution is 6.10. The SMILES string of the molecule is O=C(COC(=O)c1cccc(O)c1)Nc1ccccc1C(=O)Nc1ccc(F)cc1. The fraction of sp³-hybridized carbons (Fsp3) is 0.0455. The fourth-order valence-corrected chi connectivity index (χ4v) is 2.56. The molecular weight excluding hydrogens is 391 g/mol. The van der Waals surface area contributed by atoms with Crippen molar-refractivity contribution in [3.05, 3.63) is 89.7 Å². The van der Waals surface area contributed by atoms with Crippen LogP contribution < -0.4 is 10.6 Å². The standard InChI is InChI=1S/C22H17FN2O5/c23-15-8-10-16(11-9-15)24-21(28)18-6-1-2-7-19(18)25-20(27)13-30-22(29)14-4-3-5-17(26)12-14/h1-12,26H,13H2,(H,24,28)(H,25,27). The lowest BCUT2D eigenvalue weighted by Gasteiger charge is -2.12. The summed E-state index contributed by atoms with van der Waals surface area (Å²) in [5, 5.41) is 14.5. The number of aromatic hydroxyl groups is 1. The van der Waals surface area contributed by atoms with Crippen molar-refractivity contribution in [3.63, 3.8) is 0 Å². The van der Waals surface area contributed by atoms with Crippen LogP contribution in [0, 0.1) is 5.82 Å². The van der Waals surface area contributed by atoms with E-state index in [2.05, 4.69) is 10.6 Å². The van der Waals surface area contributed by atoms with Crippen molar-refractivity contribution in [2.75, 3.05) is 17.2 Å². The summed E-state index contributed by atoms with van der Waals surface area (Å²) in [6, 6.07) is 17.1. The molecule has 30 heavy (non-hydrogen) atoms. The number of hydrogen-bond acceptors (Lipinski definition) is 5. The summed E-state index contributed by atoms with van der Waals surface area (Å²) in [5.41, 5.74) is 0.884. The smallest absolute Gasteiger partial charge is 0.338 e. The molecule has 3 rings (SSSR count). The highest BCUT2D eigenvalue weighted by Gasteiger charge is 2.15. The minimum atomic E-state index is -0.775. The summed E-state index contributed by atoms with van der Waals surface area (Å²) in [4.78, 5) is 36.6. The Kier molecular flexibility index (Phi) is 6.39. The third-order valence-corrected chi connectivity index (χ3v) is 3.96. The van der Waals surface area contributed by atoms with E-state index < -0.39 is 30.2 Å². The Morgan fingerprint density at radius 3 is 2.37 bits per heavy atom. The predicted octanol–water partition coefficient (Wildman–Crippen LogP) is 3.58. The largest absolute Gasteiger partial charge is 0.508 e. The van der Waals surface area contributed by atoms with E-state index in [0.717, 1.165) is 0 Å². The first-order chi connectivity index (χ1) is 14.4. The van der Waals surface area contributed by atoms with Crippen molar-refractivity contribution >= 4 is 29.2 Å². The number of rotatable bonds is 6. The average Bonchev–Trinajstić information content (AvgIpc) is 2.74. The zero-order chi connectivity index (χ0) is 21.5. The summed E-state index contributed by atoms with van der Waals surface area (Å²) >= 11 is 0. The topological polar surface area (TPSA) is 105 Å². The summed E-state index contributed by atoms with van der Waals surface area (Å²) < 4.78 is 17.9. The first-order valence-corrected chi connectivity index (χ1v) is 8.84. The van der Waals surface area contributed by atoms with Crippen LogP contribution in [0.1, 0.15) is 20.7 Å². The number of esters is 1. The van der Waals surface area contributed by atoms with Gasteiger partial charge in [-0.1, -0.05) is 18.2 Å². The molecule has 0 saturated heterocycles. The summed E-state index contributed by atoms with van der Waals surface area (Å²) in [5.74, 6) is -2.46. The van der Waals surface area contributed by atoms with E-state index in [1.54, 1.807) is 12.1 Å². The predicted molar refractivity (Wildman–Crippen MR) is 108 cm³/mol. The Morgan fingerprint density at radius 2 is 1.63 bits per heavy atom. The average molecular weight is 408 g/mol. The number of carbonyl (C=O) groups excluding carboxylic acids is 3. The molecule has 3 aromatic rings. The molecule has 0 aliphatic heterocycles. The molecule has 3 N–H and O–H groups in total. The van der Waals surface area contributed by atoms with E-state index in [0.29, 0.717) is 5.69 Å². The van der Waals surface area contributed by atoms with Gasteiger partial charge < -0.3 is 20.5 Å². The molecule has 8 heteroatoms. The van der Waals surface area contributed by atoms with Crippen LogP contribution in [-0.4, -0.2) is 29.5 Å². The molecule has 0 aromatic heterocycles. The van der Waals surface area contributed by atoms with Crippen LogP contribution in [0.2, 0.25) is 0 Å². The summed E-state index contributed by atoms with van der Waals surface area (Å²) in [7, 11) is 0. The van der Waals surface area contributed by atoms with Gasteiger partial charge in [0, 0.05) is 5.69 Å². The molecule has 0 aliphatic rings. The molecule has 0 bridgehead atoms. The quantitative estimate of drug-likeness (QED) is 0.541. The maximum absolute atomic E-state index is 13.0. The molecule has 0 heterocycles. The van der Waals surface area contributed by atoms with Crippen LogP contribution in [0.25, 0.3) is 0 Å². The molecule has 0 radical (unpaired) electrons. The molecule has 0 fully saturated rings. The van der Waals surface area contributed by atoms with Gasteiger partial charge in [0.25, 0.3) is 11.8 Å². The Morgan fingerprint density at radius 1 is 0.900 bits per heavy atom. The second-order valence-corrected chi connectivity index (χ2v) is 6.18. The summed E-state index contributed by atoms with van der Waals surface area (Å²) in [6.07, 6.45) is 0. The Hall–Kier alpha value is -4.20. The molecule has 0 atom stereocenters. The molecular formula is C22H17FN2O5. The van der Waals surface area contributed by atoms with Gasteiger partial charge in [0.05, 0.1) is 16.8 Å². The van der Waals surface area contributed by atoms with E-state index >= 15 is 0 Å². The number of halogens is 1. The van der Waals surface area contributed by atoms with E-state index in [-0.39, 0.29) is 22.6 Å². The maximum Gasteiger partial charge on any atom is 0.338 e. The van der Waals surface area contributed by atoms with Crippen LogP contribution in [0.4, 0.5) is 15.8 Å². The lowest BCUT2D eigenvalue weighted by Crippen LogP contribution is -2.23. The van der Waals surface area contributed by atoms with E-state index in [1.807, 2.05) is 0 Å². The second kappa shape index (κ2) is 9.33. The molecule has 0 saturated carbocycles. The van der Waals surface area contributed by atoms with Gasteiger partial charge in [-0.25, -0.2) is 9.18 Å². The summed E-state index contributed by atoms with van der Waals surface area (Å²) in [6.45, 7) is -0.581. The fourth-order valence-electron chi connectivity index (χ4n) is 2.56. The van der Waals surface area contributed by atoms with E-state index in [4.69, 9.17) is 4.74 Å². The van der Waals surface area contributed by atoms with Gasteiger partial charge in [0.2, 0.25) is 0 Å². The number of phenols is 1. The number of ether oxygens (including phenoxy) is 1. The maximum atomic E-state index is 13.0. The molecule has 0 aliphatic carbocycles. The van der Waals surface area contributed by atoms with Gasteiger partial charge >= 0.3 is 5.97 Å². The highest BCUT2D eigenvalue weighted by atomic mass is 19.1. The molecule has 0 spiro atoms. The van der Waals surface area contributed by atoms with Crippen LogP contribution in [-0.2, 0) is 9.53 Å². The number of nitrogens with one attached hydrogen (secondary N) is 2. The van der Waals surface area contributed by atoms with Gasteiger partial charge in [-0.3, -0.25) is 9.59 Å². The van der Waals surface area contributed by atoms with Crippen molar-refractivity contribution < 1.29 is 28.6 Å². The molecule has 0 unspecified atom stereocenters. The van der Waals surface area contributed by atoms with Crippen LogP contribution in [0.3, 0.4) is 0 Å². The van der Waals surface area contributed by atoms with Gasteiger partial charge in [-0.2, -0.15) is 0 Å². The number of anilines is 2. The number of hydrogen-bond donors (Lipinski definition) is 3. The zero-order valence-electron chi connectivity index (χ0n) is 15.6. The highest BCUT2D eigenvalue weighted by Crippen LogP contribution is 2.18. The Balaban J connectivity index is 1.62. The Bertz CT molecular complexity index is 1080. The van der Waals surface area contributed by atoms with E-state index in [1.165, 1.54) is 60.7 Å².